The van der Waals surface area contributed by atoms with Gasteiger partial charge in [0.1, 0.15) is 0 Å². The van der Waals surface area contributed by atoms with Gasteiger partial charge in [-0.15, -0.1) is 11.8 Å². The third kappa shape index (κ3) is 3.98. The van der Waals surface area contributed by atoms with Gasteiger partial charge in [0.25, 0.3) is 0 Å². The van der Waals surface area contributed by atoms with Crippen LogP contribution in [-0.2, 0) is 9.59 Å². The number of carboxylic acid groups (broad SMARTS) is 1. The topological polar surface area (TPSA) is 60.9 Å². The van der Waals surface area contributed by atoms with Crippen LogP contribution in [0.3, 0.4) is 0 Å². The first kappa shape index (κ1) is 15.9. The van der Waals surface area contributed by atoms with Gasteiger partial charge < -0.3 is 10.0 Å². The van der Waals surface area contributed by atoms with Crippen LogP contribution in [0, 0.1) is 5.92 Å². The predicted octanol–water partition coefficient (Wildman–Crippen LogP) is 1.78. The van der Waals surface area contributed by atoms with Crippen LogP contribution in [-0.4, -0.2) is 54.3 Å². The SMILES string of the molecule is CC(CN(C)CC(=O)N1CCSc2ccccc21)C(=O)O. The molecule has 0 bridgehead atoms. The molecule has 1 aromatic rings. The lowest BCUT2D eigenvalue weighted by Gasteiger charge is -2.30. The van der Waals surface area contributed by atoms with E-state index in [1.807, 2.05) is 24.3 Å². The van der Waals surface area contributed by atoms with E-state index in [9.17, 15) is 9.59 Å². The van der Waals surface area contributed by atoms with Crippen molar-refractivity contribution in [3.8, 4) is 0 Å². The summed E-state index contributed by atoms with van der Waals surface area (Å²) in [4.78, 5) is 28.0. The first-order valence-corrected chi connectivity index (χ1v) is 7.91. The molecule has 1 amide bonds. The Morgan fingerprint density at radius 1 is 1.43 bits per heavy atom. The highest BCUT2D eigenvalue weighted by Crippen LogP contribution is 2.34. The van der Waals surface area contributed by atoms with Crippen LogP contribution in [0.1, 0.15) is 6.92 Å². The lowest BCUT2D eigenvalue weighted by molar-refractivity contribution is -0.142. The molecule has 1 unspecified atom stereocenters. The van der Waals surface area contributed by atoms with Gasteiger partial charge in [-0.2, -0.15) is 0 Å². The normalized spacial score (nSPS) is 15.7. The summed E-state index contributed by atoms with van der Waals surface area (Å²) in [7, 11) is 1.78. The molecule has 2 rings (SSSR count). The van der Waals surface area contributed by atoms with Crippen LogP contribution < -0.4 is 4.90 Å². The van der Waals surface area contributed by atoms with Crippen LogP contribution in [0.15, 0.2) is 29.2 Å². The molecule has 1 N–H and O–H groups in total. The minimum atomic E-state index is -0.839. The highest BCUT2D eigenvalue weighted by Gasteiger charge is 2.24. The van der Waals surface area contributed by atoms with E-state index in [0.717, 1.165) is 16.3 Å². The quantitative estimate of drug-likeness (QED) is 0.898. The number of rotatable bonds is 5. The molecule has 0 saturated heterocycles. The van der Waals surface area contributed by atoms with Crippen LogP contribution >= 0.6 is 11.8 Å². The fourth-order valence-electron chi connectivity index (χ4n) is 2.36. The van der Waals surface area contributed by atoms with E-state index in [1.54, 1.807) is 35.5 Å². The molecule has 0 fully saturated rings. The Balaban J connectivity index is 2.00. The van der Waals surface area contributed by atoms with Gasteiger partial charge in [0, 0.05) is 23.7 Å². The fraction of sp³-hybridized carbons (Fsp3) is 0.467. The molecular formula is C15H20N2O3S. The fourth-order valence-corrected chi connectivity index (χ4v) is 3.35. The van der Waals surface area contributed by atoms with Gasteiger partial charge in [-0.3, -0.25) is 14.5 Å². The standard InChI is InChI=1S/C15H20N2O3S/c1-11(15(19)20)9-16(2)10-14(18)17-7-8-21-13-6-4-3-5-12(13)17/h3-6,11H,7-10H2,1-2H3,(H,19,20). The Kier molecular flexibility index (Phi) is 5.25. The summed E-state index contributed by atoms with van der Waals surface area (Å²) in [6.45, 7) is 2.95. The van der Waals surface area contributed by atoms with Gasteiger partial charge in [0.05, 0.1) is 18.2 Å². The maximum absolute atomic E-state index is 12.5. The maximum Gasteiger partial charge on any atom is 0.307 e. The molecule has 114 valence electrons. The van der Waals surface area contributed by atoms with Crippen LogP contribution in [0.4, 0.5) is 5.69 Å². The largest absolute Gasteiger partial charge is 0.481 e. The molecule has 0 aliphatic carbocycles. The predicted molar refractivity (Wildman–Crippen MR) is 83.8 cm³/mol. The molecule has 0 spiro atoms. The minimum Gasteiger partial charge on any atom is -0.481 e. The number of hydrogen-bond donors (Lipinski definition) is 1. The van der Waals surface area contributed by atoms with E-state index < -0.39 is 11.9 Å². The third-order valence-corrected chi connectivity index (χ3v) is 4.48. The van der Waals surface area contributed by atoms with Crippen molar-refractivity contribution < 1.29 is 14.7 Å². The molecule has 5 nitrogen and oxygen atoms in total. The van der Waals surface area contributed by atoms with Gasteiger partial charge in [-0.05, 0) is 19.2 Å². The number of nitrogens with zero attached hydrogens (tertiary/aromatic N) is 2. The number of anilines is 1. The summed E-state index contributed by atoms with van der Waals surface area (Å²) in [6.07, 6.45) is 0. The lowest BCUT2D eigenvalue weighted by Crippen LogP contribution is -2.43. The molecule has 1 aliphatic rings. The second-order valence-electron chi connectivity index (χ2n) is 5.30. The molecular weight excluding hydrogens is 288 g/mol. The van der Waals surface area contributed by atoms with E-state index >= 15 is 0 Å². The average Bonchev–Trinajstić information content (AvgIpc) is 2.46. The number of para-hydroxylation sites is 1. The first-order chi connectivity index (χ1) is 9.99. The van der Waals surface area contributed by atoms with Crippen molar-refractivity contribution >= 4 is 29.3 Å². The summed E-state index contributed by atoms with van der Waals surface area (Å²) < 4.78 is 0. The Morgan fingerprint density at radius 3 is 2.86 bits per heavy atom. The van der Waals surface area contributed by atoms with Crippen molar-refractivity contribution in [2.24, 2.45) is 5.92 Å². The molecule has 1 atom stereocenters. The molecule has 6 heteroatoms. The van der Waals surface area contributed by atoms with Crippen LogP contribution in [0.25, 0.3) is 0 Å². The van der Waals surface area contributed by atoms with Crippen molar-refractivity contribution in [3.05, 3.63) is 24.3 Å². The van der Waals surface area contributed by atoms with E-state index in [0.29, 0.717) is 13.1 Å². The Labute approximate surface area is 128 Å². The number of likely N-dealkylation sites (N-methyl/N-ethyl adjacent to an activating group) is 1. The molecule has 0 aromatic heterocycles. The highest BCUT2D eigenvalue weighted by atomic mass is 32.2. The Morgan fingerprint density at radius 2 is 2.14 bits per heavy atom. The van der Waals surface area contributed by atoms with Gasteiger partial charge in [0.2, 0.25) is 5.91 Å². The number of carbonyl (C=O) groups is 2. The van der Waals surface area contributed by atoms with Gasteiger partial charge >= 0.3 is 5.97 Å². The number of fused-ring (bicyclic) bond motifs is 1. The number of thioether (sulfide) groups is 1. The monoisotopic (exact) mass is 308 g/mol. The minimum absolute atomic E-state index is 0.0165. The van der Waals surface area contributed by atoms with Crippen molar-refractivity contribution in [1.82, 2.24) is 4.90 Å². The van der Waals surface area contributed by atoms with E-state index in [1.165, 1.54) is 0 Å². The number of hydrogen-bond acceptors (Lipinski definition) is 4. The van der Waals surface area contributed by atoms with Crippen molar-refractivity contribution in [3.63, 3.8) is 0 Å². The smallest absolute Gasteiger partial charge is 0.307 e. The summed E-state index contributed by atoms with van der Waals surface area (Å²) in [6, 6.07) is 7.89. The molecule has 0 saturated carbocycles. The van der Waals surface area contributed by atoms with E-state index in [2.05, 4.69) is 0 Å². The Hall–Kier alpha value is -1.53. The number of benzene rings is 1. The number of amides is 1. The molecule has 1 heterocycles. The van der Waals surface area contributed by atoms with Crippen molar-refractivity contribution in [2.45, 2.75) is 11.8 Å². The zero-order chi connectivity index (χ0) is 15.4. The van der Waals surface area contributed by atoms with Crippen LogP contribution in [0.5, 0.6) is 0 Å². The van der Waals surface area contributed by atoms with Gasteiger partial charge in [0.15, 0.2) is 0 Å². The third-order valence-electron chi connectivity index (χ3n) is 3.44. The van der Waals surface area contributed by atoms with E-state index in [4.69, 9.17) is 5.11 Å². The summed E-state index contributed by atoms with van der Waals surface area (Å²) >= 11 is 1.76. The molecule has 1 aromatic carbocycles. The van der Waals surface area contributed by atoms with Gasteiger partial charge in [-0.1, -0.05) is 19.1 Å². The molecule has 21 heavy (non-hydrogen) atoms. The zero-order valence-electron chi connectivity index (χ0n) is 12.3. The zero-order valence-corrected chi connectivity index (χ0v) is 13.1. The first-order valence-electron chi connectivity index (χ1n) is 6.92. The van der Waals surface area contributed by atoms with Crippen molar-refractivity contribution in [1.29, 1.82) is 0 Å². The molecule has 1 aliphatic heterocycles. The second-order valence-corrected chi connectivity index (χ2v) is 6.43. The summed E-state index contributed by atoms with van der Waals surface area (Å²) in [5.74, 6) is -0.415. The number of carboxylic acids is 1. The second kappa shape index (κ2) is 6.95. The van der Waals surface area contributed by atoms with E-state index in [-0.39, 0.29) is 12.5 Å². The summed E-state index contributed by atoms with van der Waals surface area (Å²) in [5, 5.41) is 8.92. The van der Waals surface area contributed by atoms with Crippen LogP contribution in [0.2, 0.25) is 0 Å². The molecule has 0 radical (unpaired) electrons. The number of carbonyl (C=O) groups excluding carboxylic acids is 1. The van der Waals surface area contributed by atoms with Gasteiger partial charge in [-0.25, -0.2) is 0 Å². The summed E-state index contributed by atoms with van der Waals surface area (Å²) in [5.41, 5.74) is 0.957. The Bertz CT molecular complexity index is 535. The highest BCUT2D eigenvalue weighted by molar-refractivity contribution is 7.99. The average molecular weight is 308 g/mol. The maximum atomic E-state index is 12.5. The number of aliphatic carboxylic acids is 1. The van der Waals surface area contributed by atoms with Crippen molar-refractivity contribution in [2.75, 3.05) is 37.3 Å². The lowest BCUT2D eigenvalue weighted by atomic mass is 10.2.